The number of fused-ring (bicyclic) bond motifs is 1. The molecule has 3 rings (SSSR count). The minimum Gasteiger partial charge on any atom is -0.362 e. The molecule has 22 heavy (non-hydrogen) atoms. The zero-order valence-corrected chi connectivity index (χ0v) is 13.3. The lowest BCUT2D eigenvalue weighted by Crippen LogP contribution is -2.26. The molecule has 0 unspecified atom stereocenters. The molecule has 0 N–H and O–H groups in total. The molecule has 0 aliphatic carbocycles. The van der Waals surface area contributed by atoms with Crippen LogP contribution in [0.4, 0.5) is 5.82 Å². The van der Waals surface area contributed by atoms with Crippen LogP contribution in [0.25, 0.3) is 16.7 Å². The summed E-state index contributed by atoms with van der Waals surface area (Å²) in [6.45, 7) is 1.89. The van der Waals surface area contributed by atoms with Crippen molar-refractivity contribution in [1.82, 2.24) is 14.5 Å². The summed E-state index contributed by atoms with van der Waals surface area (Å²) in [6, 6.07) is 11.0. The normalized spacial score (nSPS) is 10.9. The number of rotatable bonds is 2. The lowest BCUT2D eigenvalue weighted by molar-refractivity contribution is 0.918. The van der Waals surface area contributed by atoms with Crippen molar-refractivity contribution in [2.75, 3.05) is 19.0 Å². The Morgan fingerprint density at radius 3 is 2.50 bits per heavy atom. The van der Waals surface area contributed by atoms with E-state index in [-0.39, 0.29) is 0 Å². The number of aryl methyl sites for hydroxylation is 1. The molecule has 5 nitrogen and oxygen atoms in total. The third-order valence-electron chi connectivity index (χ3n) is 3.38. The fourth-order valence-corrected chi connectivity index (χ4v) is 2.59. The molecule has 0 spiro atoms. The van der Waals surface area contributed by atoms with Gasteiger partial charge in [0.25, 0.3) is 0 Å². The third-order valence-corrected chi connectivity index (χ3v) is 3.70. The maximum atomic E-state index is 12.5. The van der Waals surface area contributed by atoms with Crippen LogP contribution in [-0.2, 0) is 0 Å². The highest BCUT2D eigenvalue weighted by Crippen LogP contribution is 2.25. The fourth-order valence-electron chi connectivity index (χ4n) is 2.37. The summed E-state index contributed by atoms with van der Waals surface area (Å²) in [5, 5.41) is 1.28. The zero-order valence-electron chi connectivity index (χ0n) is 12.5. The molecular formula is C16H15ClN4O. The predicted molar refractivity (Wildman–Crippen MR) is 89.2 cm³/mol. The van der Waals surface area contributed by atoms with Crippen LogP contribution >= 0.6 is 11.6 Å². The van der Waals surface area contributed by atoms with E-state index in [1.165, 1.54) is 4.57 Å². The number of para-hydroxylation sites is 1. The second kappa shape index (κ2) is 5.42. The average Bonchev–Trinajstić information content (AvgIpc) is 2.47. The van der Waals surface area contributed by atoms with Gasteiger partial charge in [-0.25, -0.2) is 14.3 Å². The molecule has 6 heteroatoms. The van der Waals surface area contributed by atoms with E-state index in [2.05, 4.69) is 9.97 Å². The Hall–Kier alpha value is -2.40. The van der Waals surface area contributed by atoms with Gasteiger partial charge in [-0.2, -0.15) is 4.98 Å². The van der Waals surface area contributed by atoms with Crippen LogP contribution in [0.15, 0.2) is 41.2 Å². The summed E-state index contributed by atoms with van der Waals surface area (Å²) in [4.78, 5) is 23.1. The zero-order chi connectivity index (χ0) is 15.9. The highest BCUT2D eigenvalue weighted by molar-refractivity contribution is 6.32. The molecule has 0 amide bonds. The van der Waals surface area contributed by atoms with Crippen LogP contribution in [0.5, 0.6) is 0 Å². The van der Waals surface area contributed by atoms with Crippen molar-refractivity contribution >= 4 is 28.5 Å². The van der Waals surface area contributed by atoms with E-state index < -0.39 is 5.69 Å². The van der Waals surface area contributed by atoms with Gasteiger partial charge in [0, 0.05) is 19.8 Å². The van der Waals surface area contributed by atoms with Crippen LogP contribution in [-0.4, -0.2) is 28.6 Å². The predicted octanol–water partition coefficient (Wildman–Crippen LogP) is 2.81. The number of benzene rings is 1. The molecule has 1 aromatic carbocycles. The van der Waals surface area contributed by atoms with Crippen LogP contribution in [0.3, 0.4) is 0 Å². The molecule has 0 saturated carbocycles. The van der Waals surface area contributed by atoms with Gasteiger partial charge in [0.05, 0.1) is 16.1 Å². The molecular weight excluding hydrogens is 300 g/mol. The maximum Gasteiger partial charge on any atom is 0.355 e. The first-order valence-corrected chi connectivity index (χ1v) is 7.19. The van der Waals surface area contributed by atoms with Gasteiger partial charge in [-0.05, 0) is 31.2 Å². The Morgan fingerprint density at radius 1 is 1.09 bits per heavy atom. The van der Waals surface area contributed by atoms with Gasteiger partial charge in [0.2, 0.25) is 0 Å². The third kappa shape index (κ3) is 2.33. The Balaban J connectivity index is 2.48. The van der Waals surface area contributed by atoms with Crippen molar-refractivity contribution in [2.24, 2.45) is 0 Å². The molecule has 0 saturated heterocycles. The van der Waals surface area contributed by atoms with Crippen molar-refractivity contribution < 1.29 is 0 Å². The average molecular weight is 315 g/mol. The number of anilines is 1. The van der Waals surface area contributed by atoms with Crippen LogP contribution in [0, 0.1) is 6.92 Å². The molecule has 2 heterocycles. The number of nitrogens with zero attached hydrogens (tertiary/aromatic N) is 4. The van der Waals surface area contributed by atoms with E-state index in [1.807, 2.05) is 45.3 Å². The molecule has 2 aromatic heterocycles. The number of halogens is 1. The Kier molecular flexibility index (Phi) is 3.58. The van der Waals surface area contributed by atoms with Crippen molar-refractivity contribution in [2.45, 2.75) is 6.92 Å². The quantitative estimate of drug-likeness (QED) is 0.730. The fraction of sp³-hybridized carbons (Fsp3) is 0.188. The monoisotopic (exact) mass is 314 g/mol. The summed E-state index contributed by atoms with van der Waals surface area (Å²) in [7, 11) is 3.70. The minimum absolute atomic E-state index is 0.401. The number of hydrogen-bond donors (Lipinski definition) is 0. The second-order valence-electron chi connectivity index (χ2n) is 5.22. The molecule has 0 radical (unpaired) electrons. The van der Waals surface area contributed by atoms with E-state index in [0.717, 1.165) is 11.1 Å². The molecule has 0 fully saturated rings. The minimum atomic E-state index is -0.401. The summed E-state index contributed by atoms with van der Waals surface area (Å²) >= 11 is 6.25. The van der Waals surface area contributed by atoms with Gasteiger partial charge in [0.1, 0.15) is 5.82 Å². The van der Waals surface area contributed by atoms with Crippen LogP contribution in [0.2, 0.25) is 5.02 Å². The summed E-state index contributed by atoms with van der Waals surface area (Å²) in [5.74, 6) is 0.593. The van der Waals surface area contributed by atoms with Crippen molar-refractivity contribution in [1.29, 1.82) is 0 Å². The molecule has 112 valence electrons. The van der Waals surface area contributed by atoms with Gasteiger partial charge in [-0.3, -0.25) is 0 Å². The second-order valence-corrected chi connectivity index (χ2v) is 5.63. The number of aromatic nitrogens is 3. The molecule has 0 aliphatic rings. The molecule has 0 bridgehead atoms. The van der Waals surface area contributed by atoms with E-state index in [0.29, 0.717) is 22.2 Å². The first kappa shape index (κ1) is 14.5. The van der Waals surface area contributed by atoms with Gasteiger partial charge in [-0.1, -0.05) is 23.7 Å². The highest BCUT2D eigenvalue weighted by Gasteiger charge is 2.16. The highest BCUT2D eigenvalue weighted by atomic mass is 35.5. The summed E-state index contributed by atoms with van der Waals surface area (Å²) < 4.78 is 1.46. The molecule has 0 atom stereocenters. The van der Waals surface area contributed by atoms with E-state index >= 15 is 0 Å². The largest absolute Gasteiger partial charge is 0.362 e. The Morgan fingerprint density at radius 2 is 1.82 bits per heavy atom. The van der Waals surface area contributed by atoms with Crippen molar-refractivity contribution in [3.05, 3.63) is 57.6 Å². The first-order valence-electron chi connectivity index (χ1n) is 6.81. The van der Waals surface area contributed by atoms with Crippen molar-refractivity contribution in [3.63, 3.8) is 0 Å². The van der Waals surface area contributed by atoms with Gasteiger partial charge in [0.15, 0.2) is 5.65 Å². The van der Waals surface area contributed by atoms with E-state index in [4.69, 9.17) is 11.6 Å². The topological polar surface area (TPSA) is 51.0 Å². The Bertz CT molecular complexity index is 918. The number of hydrogen-bond acceptors (Lipinski definition) is 4. The SMILES string of the molecule is Cc1ccc2c(N(C)C)nc(=O)n(-c3ccccc3Cl)c2n1. The first-order chi connectivity index (χ1) is 10.5. The summed E-state index contributed by atoms with van der Waals surface area (Å²) in [6.07, 6.45) is 0. The smallest absolute Gasteiger partial charge is 0.355 e. The molecule has 3 aromatic rings. The van der Waals surface area contributed by atoms with E-state index in [1.54, 1.807) is 17.0 Å². The lowest BCUT2D eigenvalue weighted by atomic mass is 10.2. The maximum absolute atomic E-state index is 12.5. The van der Waals surface area contributed by atoms with Crippen LogP contribution < -0.4 is 10.6 Å². The number of pyridine rings is 1. The van der Waals surface area contributed by atoms with Gasteiger partial charge < -0.3 is 4.90 Å². The summed E-state index contributed by atoms with van der Waals surface area (Å²) in [5.41, 5.74) is 1.55. The van der Waals surface area contributed by atoms with Gasteiger partial charge in [-0.15, -0.1) is 0 Å². The standard InChI is InChI=1S/C16H15ClN4O/c1-10-8-9-11-14(20(2)3)19-16(22)21(15(11)18-10)13-7-5-4-6-12(13)17/h4-9H,1-3H3. The van der Waals surface area contributed by atoms with Gasteiger partial charge >= 0.3 is 5.69 Å². The Labute approximate surface area is 132 Å². The lowest BCUT2D eigenvalue weighted by Gasteiger charge is -2.17. The van der Waals surface area contributed by atoms with E-state index in [9.17, 15) is 4.79 Å². The molecule has 0 aliphatic heterocycles. The van der Waals surface area contributed by atoms with Crippen LogP contribution in [0.1, 0.15) is 5.69 Å². The van der Waals surface area contributed by atoms with Crippen molar-refractivity contribution in [3.8, 4) is 5.69 Å².